The molecule has 0 unspecified atom stereocenters. The van der Waals surface area contributed by atoms with Gasteiger partial charge in [0.25, 0.3) is 0 Å². The zero-order valence-corrected chi connectivity index (χ0v) is 10.9. The first-order valence-electron chi connectivity index (χ1n) is 5.34. The van der Waals surface area contributed by atoms with Crippen LogP contribution in [0.25, 0.3) is 0 Å². The Labute approximate surface area is 113 Å². The number of halogens is 1. The molecule has 0 aliphatic heterocycles. The number of nitrogens with two attached hydrogens (primary N) is 2. The molecular weight excluding hydrogens is 267 g/mol. The lowest BCUT2D eigenvalue weighted by atomic mass is 10.1. The molecule has 1 aromatic carbocycles. The first-order chi connectivity index (χ1) is 8.97. The van der Waals surface area contributed by atoms with Crippen molar-refractivity contribution >= 4 is 29.2 Å². The molecule has 7 heteroatoms. The summed E-state index contributed by atoms with van der Waals surface area (Å²) in [6.07, 6.45) is 0. The third kappa shape index (κ3) is 3.00. The fourth-order valence-electron chi connectivity index (χ4n) is 1.49. The van der Waals surface area contributed by atoms with Crippen LogP contribution in [0.5, 0.6) is 0 Å². The lowest BCUT2D eigenvalue weighted by Gasteiger charge is -2.07. The fraction of sp³-hybridized carbons (Fsp3) is 0.0833. The second-order valence-corrected chi connectivity index (χ2v) is 4.75. The minimum Gasteiger partial charge on any atom is -0.383 e. The van der Waals surface area contributed by atoms with Gasteiger partial charge in [-0.2, -0.15) is 0 Å². The predicted molar refractivity (Wildman–Crippen MR) is 71.4 cm³/mol. The van der Waals surface area contributed by atoms with E-state index in [-0.39, 0.29) is 33.0 Å². The number of carbonyl (C=O) groups excluding carboxylic acids is 1. The quantitative estimate of drug-likeness (QED) is 0.659. The standard InChI is InChI=1S/C12H11FN4OS/c1-6(18)7-3-2-4-8(13)11(7)19-12-16-9(14)5-10(15)17-12/h2-5H,1H3,(H4,14,15,16,17). The number of Topliss-reactive ketones (excluding diaryl/α,β-unsaturated/α-hetero) is 1. The van der Waals surface area contributed by atoms with E-state index >= 15 is 0 Å². The largest absolute Gasteiger partial charge is 0.383 e. The van der Waals surface area contributed by atoms with Crippen LogP contribution in [0.2, 0.25) is 0 Å². The summed E-state index contributed by atoms with van der Waals surface area (Å²) in [6, 6.07) is 5.69. The highest BCUT2D eigenvalue weighted by Gasteiger charge is 2.15. The van der Waals surface area contributed by atoms with Gasteiger partial charge in [0.15, 0.2) is 10.9 Å². The lowest BCUT2D eigenvalue weighted by Crippen LogP contribution is -2.01. The molecule has 2 rings (SSSR count). The van der Waals surface area contributed by atoms with Gasteiger partial charge in [0.05, 0.1) is 4.90 Å². The Balaban J connectivity index is 2.45. The molecule has 0 fully saturated rings. The Morgan fingerprint density at radius 1 is 1.26 bits per heavy atom. The van der Waals surface area contributed by atoms with Gasteiger partial charge in [-0.05, 0) is 24.8 Å². The zero-order valence-electron chi connectivity index (χ0n) is 10.1. The molecular formula is C12H11FN4OS. The molecule has 98 valence electrons. The molecule has 1 heterocycles. The van der Waals surface area contributed by atoms with Crippen LogP contribution in [0.3, 0.4) is 0 Å². The van der Waals surface area contributed by atoms with Gasteiger partial charge in [0, 0.05) is 11.6 Å². The van der Waals surface area contributed by atoms with Crippen LogP contribution in [-0.4, -0.2) is 15.8 Å². The highest BCUT2D eigenvalue weighted by atomic mass is 32.2. The summed E-state index contributed by atoms with van der Waals surface area (Å²) < 4.78 is 13.8. The number of ketones is 1. The van der Waals surface area contributed by atoms with E-state index in [0.29, 0.717) is 0 Å². The van der Waals surface area contributed by atoms with Crippen LogP contribution in [0.1, 0.15) is 17.3 Å². The first-order valence-corrected chi connectivity index (χ1v) is 6.16. The van der Waals surface area contributed by atoms with Gasteiger partial charge in [-0.25, -0.2) is 14.4 Å². The third-order valence-electron chi connectivity index (χ3n) is 2.28. The van der Waals surface area contributed by atoms with Gasteiger partial charge >= 0.3 is 0 Å². The number of anilines is 2. The van der Waals surface area contributed by atoms with Gasteiger partial charge in [-0.3, -0.25) is 4.79 Å². The average molecular weight is 278 g/mol. The number of nitrogen functional groups attached to an aromatic ring is 2. The molecule has 5 nitrogen and oxygen atoms in total. The van der Waals surface area contributed by atoms with Gasteiger partial charge in [-0.1, -0.05) is 12.1 Å². The van der Waals surface area contributed by atoms with E-state index in [1.165, 1.54) is 25.1 Å². The molecule has 0 bridgehead atoms. The van der Waals surface area contributed by atoms with Gasteiger partial charge in [0.1, 0.15) is 17.5 Å². The maximum absolute atomic E-state index is 13.8. The normalized spacial score (nSPS) is 10.4. The van der Waals surface area contributed by atoms with Gasteiger partial charge in [0.2, 0.25) is 0 Å². The maximum Gasteiger partial charge on any atom is 0.196 e. The van der Waals surface area contributed by atoms with Crippen molar-refractivity contribution in [3.8, 4) is 0 Å². The van der Waals surface area contributed by atoms with Crippen LogP contribution in [-0.2, 0) is 0 Å². The average Bonchev–Trinajstić information content (AvgIpc) is 2.30. The number of nitrogens with zero attached hydrogens (tertiary/aromatic N) is 2. The van der Waals surface area contributed by atoms with Crippen LogP contribution in [0.4, 0.5) is 16.0 Å². The monoisotopic (exact) mass is 278 g/mol. The number of aromatic nitrogens is 2. The molecule has 0 saturated carbocycles. The van der Waals surface area contributed by atoms with Crippen molar-refractivity contribution < 1.29 is 9.18 Å². The molecule has 4 N–H and O–H groups in total. The second kappa shape index (κ2) is 5.23. The number of hydrogen-bond acceptors (Lipinski definition) is 6. The number of benzene rings is 1. The van der Waals surface area contributed by atoms with E-state index < -0.39 is 5.82 Å². The third-order valence-corrected chi connectivity index (χ3v) is 3.27. The summed E-state index contributed by atoms with van der Waals surface area (Å²) in [5, 5.41) is 0.199. The molecule has 0 spiro atoms. The SMILES string of the molecule is CC(=O)c1cccc(F)c1Sc1nc(N)cc(N)n1. The molecule has 19 heavy (non-hydrogen) atoms. The molecule has 1 aromatic heterocycles. The summed E-state index contributed by atoms with van der Waals surface area (Å²) in [7, 11) is 0. The predicted octanol–water partition coefficient (Wildman–Crippen LogP) is 2.13. The van der Waals surface area contributed by atoms with E-state index in [1.54, 1.807) is 6.07 Å². The zero-order chi connectivity index (χ0) is 14.0. The van der Waals surface area contributed by atoms with Crippen molar-refractivity contribution in [2.75, 3.05) is 11.5 Å². The van der Waals surface area contributed by atoms with Crippen LogP contribution in [0, 0.1) is 5.82 Å². The van der Waals surface area contributed by atoms with E-state index in [2.05, 4.69) is 9.97 Å². The van der Waals surface area contributed by atoms with Crippen molar-refractivity contribution in [3.05, 3.63) is 35.6 Å². The van der Waals surface area contributed by atoms with Crippen molar-refractivity contribution in [1.29, 1.82) is 0 Å². The Morgan fingerprint density at radius 2 is 1.89 bits per heavy atom. The minimum atomic E-state index is -0.512. The summed E-state index contributed by atoms with van der Waals surface area (Å²) in [5.41, 5.74) is 11.4. The van der Waals surface area contributed by atoms with E-state index in [4.69, 9.17) is 11.5 Å². The number of hydrogen-bond donors (Lipinski definition) is 2. The van der Waals surface area contributed by atoms with Gasteiger partial charge < -0.3 is 11.5 Å². The fourth-order valence-corrected chi connectivity index (χ4v) is 2.46. The molecule has 0 aliphatic rings. The van der Waals surface area contributed by atoms with Crippen LogP contribution in [0.15, 0.2) is 34.3 Å². The summed E-state index contributed by atoms with van der Waals surface area (Å²) >= 11 is 0.919. The molecule has 2 aromatic rings. The lowest BCUT2D eigenvalue weighted by molar-refractivity contribution is 0.101. The summed E-state index contributed by atoms with van der Waals surface area (Å²) in [4.78, 5) is 19.5. The Kier molecular flexibility index (Phi) is 3.66. The Hall–Kier alpha value is -2.15. The number of rotatable bonds is 3. The molecule has 0 aliphatic carbocycles. The Morgan fingerprint density at radius 3 is 2.47 bits per heavy atom. The topological polar surface area (TPSA) is 94.9 Å². The number of carbonyl (C=O) groups is 1. The van der Waals surface area contributed by atoms with Crippen molar-refractivity contribution in [3.63, 3.8) is 0 Å². The van der Waals surface area contributed by atoms with E-state index in [0.717, 1.165) is 11.8 Å². The highest BCUT2D eigenvalue weighted by molar-refractivity contribution is 7.99. The second-order valence-electron chi connectivity index (χ2n) is 3.78. The van der Waals surface area contributed by atoms with E-state index in [9.17, 15) is 9.18 Å². The van der Waals surface area contributed by atoms with Gasteiger partial charge in [-0.15, -0.1) is 0 Å². The molecule has 0 amide bonds. The van der Waals surface area contributed by atoms with E-state index in [1.807, 2.05) is 0 Å². The summed E-state index contributed by atoms with van der Waals surface area (Å²) in [5.74, 6) is -0.368. The van der Waals surface area contributed by atoms with Crippen molar-refractivity contribution in [1.82, 2.24) is 9.97 Å². The first kappa shape index (κ1) is 13.3. The van der Waals surface area contributed by atoms with Crippen molar-refractivity contribution in [2.45, 2.75) is 17.0 Å². The van der Waals surface area contributed by atoms with Crippen LogP contribution >= 0.6 is 11.8 Å². The Bertz CT molecular complexity index is 627. The minimum absolute atomic E-state index is 0.167. The highest BCUT2D eigenvalue weighted by Crippen LogP contribution is 2.31. The molecule has 0 saturated heterocycles. The maximum atomic E-state index is 13.8. The smallest absolute Gasteiger partial charge is 0.196 e. The van der Waals surface area contributed by atoms with Crippen molar-refractivity contribution in [2.24, 2.45) is 0 Å². The van der Waals surface area contributed by atoms with Crippen LogP contribution < -0.4 is 11.5 Å². The molecule has 0 radical (unpaired) electrons. The molecule has 0 atom stereocenters. The summed E-state index contributed by atoms with van der Waals surface area (Å²) in [6.45, 7) is 1.37.